The molecule has 0 saturated heterocycles. The first-order chi connectivity index (χ1) is 8.85. The van der Waals surface area contributed by atoms with Crippen molar-refractivity contribution in [2.45, 2.75) is 76.8 Å². The summed E-state index contributed by atoms with van der Waals surface area (Å²) in [4.78, 5) is 23.1. The molecule has 0 aromatic carbocycles. The number of nitrogens with one attached hydrogen (secondary N) is 2. The third kappa shape index (κ3) is 4.40. The first kappa shape index (κ1) is 15.8. The lowest BCUT2D eigenvalue weighted by molar-refractivity contribution is -0.138. The highest BCUT2D eigenvalue weighted by atomic mass is 16.4. The Balaban J connectivity index is 2.64. The maximum absolute atomic E-state index is 12.1. The number of hydrogen-bond donors (Lipinski definition) is 3. The van der Waals surface area contributed by atoms with E-state index < -0.39 is 11.5 Å². The zero-order valence-electron chi connectivity index (χ0n) is 12.2. The first-order valence-corrected chi connectivity index (χ1v) is 7.17. The molecule has 0 heterocycles. The van der Waals surface area contributed by atoms with Gasteiger partial charge in [-0.05, 0) is 32.6 Å². The molecule has 0 bridgehead atoms. The minimum Gasteiger partial charge on any atom is -0.481 e. The van der Waals surface area contributed by atoms with Gasteiger partial charge in [0.2, 0.25) is 0 Å². The topological polar surface area (TPSA) is 78.4 Å². The summed E-state index contributed by atoms with van der Waals surface area (Å²) in [6.07, 6.45) is 5.17. The van der Waals surface area contributed by atoms with Crippen LogP contribution in [0.2, 0.25) is 0 Å². The van der Waals surface area contributed by atoms with E-state index in [1.165, 1.54) is 0 Å². The minimum atomic E-state index is -0.851. The van der Waals surface area contributed by atoms with E-state index in [-0.39, 0.29) is 18.0 Å². The molecule has 1 aliphatic carbocycles. The van der Waals surface area contributed by atoms with E-state index in [1.54, 1.807) is 0 Å². The Labute approximate surface area is 115 Å². The Bertz CT molecular complexity index is 332. The zero-order valence-corrected chi connectivity index (χ0v) is 12.2. The van der Waals surface area contributed by atoms with Gasteiger partial charge < -0.3 is 15.7 Å². The molecular formula is C14H26N2O3. The Hall–Kier alpha value is -1.26. The average molecular weight is 270 g/mol. The number of hydrogen-bond acceptors (Lipinski definition) is 2. The van der Waals surface area contributed by atoms with Crippen LogP contribution in [0, 0.1) is 0 Å². The highest BCUT2D eigenvalue weighted by Crippen LogP contribution is 2.32. The molecule has 110 valence electrons. The zero-order chi connectivity index (χ0) is 14.5. The smallest absolute Gasteiger partial charge is 0.315 e. The molecule has 1 aliphatic rings. The Morgan fingerprint density at radius 3 is 2.16 bits per heavy atom. The van der Waals surface area contributed by atoms with Gasteiger partial charge in [-0.1, -0.05) is 26.7 Å². The van der Waals surface area contributed by atoms with Crippen LogP contribution in [0.3, 0.4) is 0 Å². The van der Waals surface area contributed by atoms with Crippen LogP contribution in [0.5, 0.6) is 0 Å². The van der Waals surface area contributed by atoms with E-state index in [0.717, 1.165) is 38.5 Å². The van der Waals surface area contributed by atoms with Crippen molar-refractivity contribution in [2.75, 3.05) is 0 Å². The number of amides is 2. The third-order valence-corrected chi connectivity index (χ3v) is 4.40. The summed E-state index contributed by atoms with van der Waals surface area (Å²) in [6.45, 7) is 6.07. The van der Waals surface area contributed by atoms with Crippen LogP contribution >= 0.6 is 0 Å². The molecule has 3 N–H and O–H groups in total. The number of rotatable bonds is 6. The Morgan fingerprint density at radius 1 is 1.21 bits per heavy atom. The van der Waals surface area contributed by atoms with E-state index in [0.29, 0.717) is 0 Å². The van der Waals surface area contributed by atoms with Crippen LogP contribution in [0.25, 0.3) is 0 Å². The van der Waals surface area contributed by atoms with Crippen molar-refractivity contribution in [3.8, 4) is 0 Å². The van der Waals surface area contributed by atoms with Crippen molar-refractivity contribution in [3.63, 3.8) is 0 Å². The molecule has 0 radical (unpaired) electrons. The van der Waals surface area contributed by atoms with Gasteiger partial charge in [-0.2, -0.15) is 0 Å². The molecule has 1 fully saturated rings. The van der Waals surface area contributed by atoms with E-state index in [9.17, 15) is 9.59 Å². The van der Waals surface area contributed by atoms with Crippen molar-refractivity contribution in [3.05, 3.63) is 0 Å². The highest BCUT2D eigenvalue weighted by Gasteiger charge is 2.38. The minimum absolute atomic E-state index is 0.00931. The summed E-state index contributed by atoms with van der Waals surface area (Å²) < 4.78 is 0. The van der Waals surface area contributed by atoms with Crippen LogP contribution in [0.15, 0.2) is 0 Å². The van der Waals surface area contributed by atoms with Crippen molar-refractivity contribution in [1.29, 1.82) is 0 Å². The average Bonchev–Trinajstić information content (AvgIpc) is 2.75. The van der Waals surface area contributed by atoms with Crippen LogP contribution in [0.1, 0.15) is 65.7 Å². The molecule has 1 rings (SSSR count). The van der Waals surface area contributed by atoms with E-state index >= 15 is 0 Å². The van der Waals surface area contributed by atoms with Crippen LogP contribution in [-0.4, -0.2) is 28.2 Å². The van der Waals surface area contributed by atoms with Gasteiger partial charge in [-0.25, -0.2) is 4.79 Å². The van der Waals surface area contributed by atoms with Gasteiger partial charge in [0.05, 0.1) is 12.0 Å². The lowest BCUT2D eigenvalue weighted by Crippen LogP contribution is -2.56. The number of urea groups is 1. The first-order valence-electron chi connectivity index (χ1n) is 7.17. The normalized spacial score (nSPS) is 18.1. The lowest BCUT2D eigenvalue weighted by atomic mass is 9.93. The summed E-state index contributed by atoms with van der Waals surface area (Å²) in [5.74, 6) is -0.851. The molecule has 0 aromatic rings. The van der Waals surface area contributed by atoms with E-state index in [4.69, 9.17) is 5.11 Å². The van der Waals surface area contributed by atoms with Gasteiger partial charge in [-0.3, -0.25) is 4.79 Å². The SMILES string of the molecule is CCC(C)(CC)NC(=O)NC1(CC(=O)O)CCCC1. The molecule has 5 nitrogen and oxygen atoms in total. The number of carbonyl (C=O) groups excluding carboxylic acids is 1. The fraction of sp³-hybridized carbons (Fsp3) is 0.857. The van der Waals surface area contributed by atoms with Crippen molar-refractivity contribution in [1.82, 2.24) is 10.6 Å². The van der Waals surface area contributed by atoms with Crippen LogP contribution in [0.4, 0.5) is 4.79 Å². The molecule has 0 atom stereocenters. The standard InChI is InChI=1S/C14H26N2O3/c1-4-13(3,5-2)15-12(19)16-14(10-11(17)18)8-6-7-9-14/h4-10H2,1-3H3,(H,17,18)(H2,15,16,19). The summed E-state index contributed by atoms with van der Waals surface area (Å²) in [5.41, 5.74) is -0.786. The molecule has 19 heavy (non-hydrogen) atoms. The van der Waals surface area contributed by atoms with Gasteiger partial charge in [0.25, 0.3) is 0 Å². The van der Waals surface area contributed by atoms with Gasteiger partial charge in [-0.15, -0.1) is 0 Å². The number of carboxylic acid groups (broad SMARTS) is 1. The molecule has 0 aromatic heterocycles. The van der Waals surface area contributed by atoms with Gasteiger partial charge in [0.1, 0.15) is 0 Å². The second-order valence-electron chi connectivity index (χ2n) is 5.90. The highest BCUT2D eigenvalue weighted by molar-refractivity contribution is 5.77. The van der Waals surface area contributed by atoms with Gasteiger partial charge in [0, 0.05) is 5.54 Å². The van der Waals surface area contributed by atoms with Crippen LogP contribution < -0.4 is 10.6 Å². The van der Waals surface area contributed by atoms with Crippen molar-refractivity contribution < 1.29 is 14.7 Å². The van der Waals surface area contributed by atoms with E-state index in [1.807, 2.05) is 20.8 Å². The second-order valence-corrected chi connectivity index (χ2v) is 5.90. The molecule has 0 unspecified atom stereocenters. The third-order valence-electron chi connectivity index (χ3n) is 4.40. The number of carbonyl (C=O) groups is 2. The molecule has 1 saturated carbocycles. The molecule has 2 amide bonds. The maximum atomic E-state index is 12.1. The molecule has 0 aliphatic heterocycles. The lowest BCUT2D eigenvalue weighted by Gasteiger charge is -2.33. The summed E-state index contributed by atoms with van der Waals surface area (Å²) in [6, 6.07) is -0.241. The fourth-order valence-corrected chi connectivity index (χ4v) is 2.66. The monoisotopic (exact) mass is 270 g/mol. The Morgan fingerprint density at radius 2 is 1.74 bits per heavy atom. The second kappa shape index (κ2) is 6.26. The summed E-state index contributed by atoms with van der Waals surface area (Å²) in [5, 5.41) is 14.9. The summed E-state index contributed by atoms with van der Waals surface area (Å²) in [7, 11) is 0. The fourth-order valence-electron chi connectivity index (χ4n) is 2.66. The largest absolute Gasteiger partial charge is 0.481 e. The predicted molar refractivity (Wildman–Crippen MR) is 74.1 cm³/mol. The maximum Gasteiger partial charge on any atom is 0.315 e. The van der Waals surface area contributed by atoms with E-state index in [2.05, 4.69) is 10.6 Å². The number of aliphatic carboxylic acids is 1. The molecular weight excluding hydrogens is 244 g/mol. The summed E-state index contributed by atoms with van der Waals surface area (Å²) >= 11 is 0. The quantitative estimate of drug-likeness (QED) is 0.694. The van der Waals surface area contributed by atoms with Crippen molar-refractivity contribution in [2.24, 2.45) is 0 Å². The Kier molecular flexibility index (Phi) is 5.20. The van der Waals surface area contributed by atoms with Crippen molar-refractivity contribution >= 4 is 12.0 Å². The van der Waals surface area contributed by atoms with Gasteiger partial charge >= 0.3 is 12.0 Å². The molecule has 0 spiro atoms. The number of carboxylic acids is 1. The predicted octanol–water partition coefficient (Wildman–Crippen LogP) is 2.65. The molecule has 5 heteroatoms. The van der Waals surface area contributed by atoms with Gasteiger partial charge in [0.15, 0.2) is 0 Å². The van der Waals surface area contributed by atoms with Crippen LogP contribution in [-0.2, 0) is 4.79 Å².